The van der Waals surface area contributed by atoms with Gasteiger partial charge in [-0.25, -0.2) is 0 Å². The molecule has 0 aromatic heterocycles. The fourth-order valence-electron chi connectivity index (χ4n) is 9.51. The van der Waals surface area contributed by atoms with E-state index < -0.39 is 19.6 Å². The molecule has 0 aliphatic carbocycles. The quantitative estimate of drug-likeness (QED) is 0.0314. The predicted molar refractivity (Wildman–Crippen MR) is 271 cm³/mol. The van der Waals surface area contributed by atoms with Crippen LogP contribution < -0.4 is 18.9 Å². The number of benzene rings is 7. The first-order chi connectivity index (χ1) is 32.0. The summed E-state index contributed by atoms with van der Waals surface area (Å²) >= 11 is 0. The van der Waals surface area contributed by atoms with E-state index in [2.05, 4.69) is 142 Å². The van der Waals surface area contributed by atoms with Crippen LogP contribution in [0.15, 0.2) is 170 Å². The number of ether oxygens (including phenoxy) is 4. The predicted octanol–water partition coefficient (Wildman–Crippen LogP) is 13.0. The minimum atomic E-state index is -3.83. The molecule has 0 aliphatic rings. The van der Waals surface area contributed by atoms with Crippen molar-refractivity contribution in [3.05, 3.63) is 225 Å². The molecule has 66 heavy (non-hydrogen) atoms. The number of hydrogen-bond acceptors (Lipinski definition) is 7. The van der Waals surface area contributed by atoms with Gasteiger partial charge in [0.1, 0.15) is 0 Å². The van der Waals surface area contributed by atoms with Gasteiger partial charge < -0.3 is 0 Å². The van der Waals surface area contributed by atoms with Crippen molar-refractivity contribution in [1.82, 2.24) is 0 Å². The Morgan fingerprint density at radius 3 is 0.939 bits per heavy atom. The zero-order valence-corrected chi connectivity index (χ0v) is 40.4. The third-order valence-corrected chi connectivity index (χ3v) is 18.4. The van der Waals surface area contributed by atoms with E-state index in [1.54, 1.807) is 28.4 Å². The van der Waals surface area contributed by atoms with Gasteiger partial charge in [-0.3, -0.25) is 0 Å². The molecule has 7 aromatic carbocycles. The van der Waals surface area contributed by atoms with Crippen molar-refractivity contribution in [3.8, 4) is 23.0 Å². The number of hydrogen-bond donors (Lipinski definition) is 1. The van der Waals surface area contributed by atoms with Crippen molar-refractivity contribution >= 4 is 14.2 Å². The van der Waals surface area contributed by atoms with Crippen molar-refractivity contribution in [3.63, 3.8) is 0 Å². The second kappa shape index (κ2) is 21.6. The van der Waals surface area contributed by atoms with Gasteiger partial charge in [-0.05, 0) is 0 Å². The van der Waals surface area contributed by atoms with Crippen molar-refractivity contribution in [2.24, 2.45) is 0 Å². The average Bonchev–Trinajstić information content (AvgIpc) is 3.33. The van der Waals surface area contributed by atoms with Gasteiger partial charge in [0.25, 0.3) is 0 Å². The molecule has 0 spiro atoms. The van der Waals surface area contributed by atoms with Crippen LogP contribution in [0, 0.1) is 20.8 Å². The summed E-state index contributed by atoms with van der Waals surface area (Å²) in [5, 5.41) is 12.5. The molecule has 0 bridgehead atoms. The van der Waals surface area contributed by atoms with Gasteiger partial charge in [0.2, 0.25) is 0 Å². The molecule has 0 saturated carbocycles. The van der Waals surface area contributed by atoms with Gasteiger partial charge in [0.15, 0.2) is 0 Å². The van der Waals surface area contributed by atoms with Crippen molar-refractivity contribution in [2.45, 2.75) is 63.7 Å². The Kier molecular flexibility index (Phi) is 15.7. The fraction of sp³-hybridized carbons (Fsp3) is 0.263. The first-order valence-electron chi connectivity index (χ1n) is 22.7. The SMILES string of the molecule is COc1ccc(CP(Cc2ccc(OC)cc2)(Cc2ccc(OC)cc2)(Cc2ccc(OC)cc2)OB(O)OCCCC(c2ccc(C)cc2)(c2ccc(C)cc2)c2ccc(C)cc2)cc1. The van der Waals surface area contributed by atoms with Crippen LogP contribution in [0.2, 0.25) is 0 Å². The summed E-state index contributed by atoms with van der Waals surface area (Å²) in [5.74, 6) is 3.06. The van der Waals surface area contributed by atoms with E-state index in [0.29, 0.717) is 31.1 Å². The molecule has 0 radical (unpaired) electrons. The maximum absolute atomic E-state index is 12.5. The van der Waals surface area contributed by atoms with Crippen LogP contribution in [0.1, 0.15) is 68.5 Å². The molecule has 0 amide bonds. The van der Waals surface area contributed by atoms with Gasteiger partial charge in [-0.2, -0.15) is 0 Å². The van der Waals surface area contributed by atoms with Crippen molar-refractivity contribution < 1.29 is 33.1 Å². The van der Waals surface area contributed by atoms with Crippen LogP contribution in [0.25, 0.3) is 0 Å². The molecule has 7 nitrogen and oxygen atoms in total. The van der Waals surface area contributed by atoms with Gasteiger partial charge in [-0.1, -0.05) is 0 Å². The normalized spacial score (nSPS) is 12.2. The molecule has 1 N–H and O–H groups in total. The Hall–Kier alpha value is -5.89. The van der Waals surface area contributed by atoms with Crippen LogP contribution in [-0.4, -0.2) is 47.4 Å². The first kappa shape index (κ1) is 48.1. The Morgan fingerprint density at radius 1 is 0.409 bits per heavy atom. The zero-order chi connectivity index (χ0) is 46.6. The van der Waals surface area contributed by atoms with Crippen LogP contribution >= 0.6 is 6.83 Å². The molecule has 7 aromatic rings. The molecule has 0 fully saturated rings. The molecular weight excluding hydrogens is 838 g/mol. The number of rotatable bonds is 22. The van der Waals surface area contributed by atoms with E-state index in [0.717, 1.165) is 51.7 Å². The third-order valence-electron chi connectivity index (χ3n) is 12.9. The van der Waals surface area contributed by atoms with Crippen LogP contribution in [0.5, 0.6) is 23.0 Å². The molecular formula is C57H64BO7P. The molecule has 7 rings (SSSR count). The van der Waals surface area contributed by atoms with Gasteiger partial charge in [-0.15, -0.1) is 0 Å². The van der Waals surface area contributed by atoms with E-state index >= 15 is 0 Å². The minimum absolute atomic E-state index is 0.259. The summed E-state index contributed by atoms with van der Waals surface area (Å²) in [4.78, 5) is 0. The molecule has 0 unspecified atom stereocenters. The Labute approximate surface area is 392 Å². The molecule has 9 heteroatoms. The van der Waals surface area contributed by atoms with Gasteiger partial charge >= 0.3 is 394 Å². The summed E-state index contributed by atoms with van der Waals surface area (Å²) in [6.07, 6.45) is 3.53. The first-order valence-corrected chi connectivity index (χ1v) is 25.6. The standard InChI is InChI=1S/C57H64BO7P/c1-43-9-23-50(24-10-43)57(51-25-11-44(2)12-26-51,52-27-13-45(3)14-28-52)37-8-38-64-58(59)65-66(39-46-15-29-53(60-4)30-16-46,40-47-17-31-54(61-5)32-18-47,41-48-19-33-55(62-6)34-20-48)42-49-21-35-56(63-7)36-22-49/h9-36,59H,8,37-42H2,1-7H3. The summed E-state index contributed by atoms with van der Waals surface area (Å²) in [6, 6.07) is 59.5. The monoisotopic (exact) mass is 902 g/mol. The topological polar surface area (TPSA) is 75.6 Å². The summed E-state index contributed by atoms with van der Waals surface area (Å²) in [7, 11) is 5.16. The third kappa shape index (κ3) is 11.6. The summed E-state index contributed by atoms with van der Waals surface area (Å²) in [5.41, 5.74) is 11.0. The number of methoxy groups -OCH3 is 4. The molecule has 342 valence electrons. The number of aryl methyl sites for hydroxylation is 3. The van der Waals surface area contributed by atoms with E-state index in [4.69, 9.17) is 28.0 Å². The molecule has 0 aliphatic heterocycles. The molecule has 0 heterocycles. The van der Waals surface area contributed by atoms with Crippen LogP contribution in [-0.2, 0) is 39.2 Å². The molecule has 0 saturated heterocycles. The van der Waals surface area contributed by atoms with E-state index in [9.17, 15) is 5.02 Å². The van der Waals surface area contributed by atoms with Crippen LogP contribution in [0.3, 0.4) is 0 Å². The van der Waals surface area contributed by atoms with Gasteiger partial charge in [0.05, 0.1) is 0 Å². The zero-order valence-electron chi connectivity index (χ0n) is 39.5. The van der Waals surface area contributed by atoms with Crippen molar-refractivity contribution in [2.75, 3.05) is 35.0 Å². The van der Waals surface area contributed by atoms with E-state index in [-0.39, 0.29) is 6.61 Å². The van der Waals surface area contributed by atoms with Gasteiger partial charge in [0, 0.05) is 0 Å². The Bertz CT molecular complexity index is 2260. The fourth-order valence-corrected chi connectivity index (χ4v) is 15.6. The second-order valence-corrected chi connectivity index (χ2v) is 23.0. The van der Waals surface area contributed by atoms with Crippen molar-refractivity contribution in [1.29, 1.82) is 0 Å². The van der Waals surface area contributed by atoms with E-state index in [1.165, 1.54) is 33.4 Å². The average molecular weight is 903 g/mol. The molecule has 0 atom stereocenters. The maximum atomic E-state index is 12.5. The Balaban J connectivity index is 1.31. The summed E-state index contributed by atoms with van der Waals surface area (Å²) < 4.78 is 36.5. The summed E-state index contributed by atoms with van der Waals surface area (Å²) in [6.45, 7) is 2.81. The van der Waals surface area contributed by atoms with E-state index in [1.807, 2.05) is 48.5 Å². The second-order valence-electron chi connectivity index (χ2n) is 17.8. The van der Waals surface area contributed by atoms with Crippen LogP contribution in [0.4, 0.5) is 0 Å². The Morgan fingerprint density at radius 2 is 0.682 bits per heavy atom.